The maximum absolute atomic E-state index is 12.6. The summed E-state index contributed by atoms with van der Waals surface area (Å²) in [7, 11) is -3.13. The fourth-order valence-electron chi connectivity index (χ4n) is 3.06. The van der Waals surface area contributed by atoms with Gasteiger partial charge in [-0.2, -0.15) is 0 Å². The molecule has 28 heavy (non-hydrogen) atoms. The zero-order chi connectivity index (χ0) is 20.9. The van der Waals surface area contributed by atoms with Gasteiger partial charge in [-0.15, -0.1) is 0 Å². The molecule has 6 nitrogen and oxygen atoms in total. The molecule has 2 rings (SSSR count). The summed E-state index contributed by atoms with van der Waals surface area (Å²) in [4.78, 5) is 26.1. The second kappa shape index (κ2) is 9.76. The molecule has 2 unspecified atom stereocenters. The number of rotatable bonds is 7. The Morgan fingerprint density at radius 2 is 2.07 bits per heavy atom. The van der Waals surface area contributed by atoms with E-state index >= 15 is 0 Å². The van der Waals surface area contributed by atoms with Crippen LogP contribution in [0, 0.1) is 0 Å². The van der Waals surface area contributed by atoms with Gasteiger partial charge in [0, 0.05) is 18.2 Å². The molecule has 0 bridgehead atoms. The van der Waals surface area contributed by atoms with Crippen molar-refractivity contribution in [2.45, 2.75) is 38.8 Å². The van der Waals surface area contributed by atoms with Gasteiger partial charge in [0.05, 0.1) is 21.6 Å². The topological polar surface area (TPSA) is 80.8 Å². The van der Waals surface area contributed by atoms with E-state index in [4.69, 9.17) is 27.9 Å². The third-order valence-corrected chi connectivity index (χ3v) is 7.26. The van der Waals surface area contributed by atoms with E-state index in [9.17, 15) is 18.0 Å². The summed E-state index contributed by atoms with van der Waals surface area (Å²) in [5.41, 5.74) is 0.551. The molecule has 1 heterocycles. The van der Waals surface area contributed by atoms with Crippen molar-refractivity contribution in [1.29, 1.82) is 0 Å². The molecule has 1 amide bonds. The van der Waals surface area contributed by atoms with Crippen LogP contribution in [0.4, 0.5) is 0 Å². The number of nitrogens with zero attached hydrogens (tertiary/aromatic N) is 1. The molecule has 0 N–H and O–H groups in total. The Morgan fingerprint density at radius 1 is 1.36 bits per heavy atom. The second-order valence-electron chi connectivity index (χ2n) is 6.70. The van der Waals surface area contributed by atoms with Crippen LogP contribution >= 0.6 is 23.2 Å². The molecular formula is C19H23Cl2NO5S. The van der Waals surface area contributed by atoms with Crippen LogP contribution in [-0.4, -0.2) is 55.4 Å². The van der Waals surface area contributed by atoms with Crippen LogP contribution in [0.3, 0.4) is 0 Å². The fraction of sp³-hybridized carbons (Fsp3) is 0.474. The molecule has 1 saturated heterocycles. The van der Waals surface area contributed by atoms with Gasteiger partial charge in [0.15, 0.2) is 16.4 Å². The Hall–Kier alpha value is -1.57. The smallest absolute Gasteiger partial charge is 0.331 e. The van der Waals surface area contributed by atoms with Crippen molar-refractivity contribution in [3.63, 3.8) is 0 Å². The molecule has 2 atom stereocenters. The van der Waals surface area contributed by atoms with Crippen molar-refractivity contribution in [2.75, 3.05) is 18.1 Å². The quantitative estimate of drug-likeness (QED) is 0.472. The van der Waals surface area contributed by atoms with Gasteiger partial charge in [0.1, 0.15) is 0 Å². The average Bonchev–Trinajstić information content (AvgIpc) is 3.00. The minimum absolute atomic E-state index is 0.0514. The summed E-state index contributed by atoms with van der Waals surface area (Å²) >= 11 is 12.0. The summed E-state index contributed by atoms with van der Waals surface area (Å²) in [5.74, 6) is -1.09. The lowest BCUT2D eigenvalue weighted by atomic mass is 10.1. The number of carbonyl (C=O) groups excluding carboxylic acids is 2. The van der Waals surface area contributed by atoms with Gasteiger partial charge < -0.3 is 9.64 Å². The first-order valence-electron chi connectivity index (χ1n) is 8.95. The van der Waals surface area contributed by atoms with Crippen LogP contribution in [0.2, 0.25) is 10.0 Å². The van der Waals surface area contributed by atoms with Crippen molar-refractivity contribution in [1.82, 2.24) is 4.90 Å². The van der Waals surface area contributed by atoms with E-state index in [0.29, 0.717) is 28.5 Å². The molecule has 1 aromatic rings. The summed E-state index contributed by atoms with van der Waals surface area (Å²) in [6.45, 7) is 3.32. The highest BCUT2D eigenvalue weighted by Gasteiger charge is 2.36. The summed E-state index contributed by atoms with van der Waals surface area (Å²) in [6.07, 6.45) is 3.69. The van der Waals surface area contributed by atoms with Crippen LogP contribution in [0.1, 0.15) is 32.3 Å². The summed E-state index contributed by atoms with van der Waals surface area (Å²) in [6, 6.07) is 4.49. The van der Waals surface area contributed by atoms with E-state index in [0.717, 1.165) is 0 Å². The highest BCUT2D eigenvalue weighted by Crippen LogP contribution is 2.26. The standard InChI is InChI=1S/C19H23Cl2NO5S/c1-3-13(2)22(15-9-10-28(25,26)12-15)17(23)11-27-18(24)8-7-14-5-4-6-16(20)19(14)21/h4-8,13,15H,3,9-12H2,1-2H3/b8-7+. The SMILES string of the molecule is CCC(C)N(C(=O)COC(=O)/C=C/c1cccc(Cl)c1Cl)C1CCS(=O)(=O)C1. The molecule has 9 heteroatoms. The monoisotopic (exact) mass is 447 g/mol. The van der Waals surface area contributed by atoms with Crippen LogP contribution in [0.25, 0.3) is 6.08 Å². The number of ether oxygens (including phenoxy) is 1. The van der Waals surface area contributed by atoms with Crippen molar-refractivity contribution in [3.05, 3.63) is 39.9 Å². The van der Waals surface area contributed by atoms with Gasteiger partial charge in [-0.25, -0.2) is 13.2 Å². The predicted molar refractivity (Wildman–Crippen MR) is 110 cm³/mol. The van der Waals surface area contributed by atoms with Crippen LogP contribution in [0.15, 0.2) is 24.3 Å². The van der Waals surface area contributed by atoms with Gasteiger partial charge in [0.25, 0.3) is 5.91 Å². The van der Waals surface area contributed by atoms with Gasteiger partial charge in [-0.3, -0.25) is 4.79 Å². The molecule has 1 aliphatic heterocycles. The number of esters is 1. The number of hydrogen-bond donors (Lipinski definition) is 0. The molecule has 0 spiro atoms. The minimum atomic E-state index is -3.13. The number of benzene rings is 1. The Bertz CT molecular complexity index is 869. The molecular weight excluding hydrogens is 425 g/mol. The van der Waals surface area contributed by atoms with Gasteiger partial charge in [0.2, 0.25) is 0 Å². The molecule has 1 fully saturated rings. The number of halogens is 2. The molecule has 0 radical (unpaired) electrons. The van der Waals surface area contributed by atoms with E-state index in [1.54, 1.807) is 18.2 Å². The van der Waals surface area contributed by atoms with E-state index < -0.39 is 28.3 Å². The van der Waals surface area contributed by atoms with Crippen LogP contribution in [-0.2, 0) is 24.2 Å². The first-order valence-corrected chi connectivity index (χ1v) is 11.5. The molecule has 0 saturated carbocycles. The Labute approximate surface area is 175 Å². The van der Waals surface area contributed by atoms with Crippen molar-refractivity contribution < 1.29 is 22.7 Å². The number of carbonyl (C=O) groups is 2. The zero-order valence-corrected chi connectivity index (χ0v) is 18.1. The average molecular weight is 448 g/mol. The highest BCUT2D eigenvalue weighted by atomic mass is 35.5. The van der Waals surface area contributed by atoms with Crippen molar-refractivity contribution in [2.24, 2.45) is 0 Å². The Balaban J connectivity index is 1.99. The highest BCUT2D eigenvalue weighted by molar-refractivity contribution is 7.91. The van der Waals surface area contributed by atoms with E-state index in [2.05, 4.69) is 0 Å². The Morgan fingerprint density at radius 3 is 2.68 bits per heavy atom. The lowest BCUT2D eigenvalue weighted by Gasteiger charge is -2.33. The fourth-order valence-corrected chi connectivity index (χ4v) is 5.15. The van der Waals surface area contributed by atoms with E-state index in [1.165, 1.54) is 17.1 Å². The largest absolute Gasteiger partial charge is 0.452 e. The van der Waals surface area contributed by atoms with Gasteiger partial charge >= 0.3 is 5.97 Å². The normalized spacial score (nSPS) is 19.5. The molecule has 0 aliphatic carbocycles. The van der Waals surface area contributed by atoms with Crippen molar-refractivity contribution >= 4 is 51.0 Å². The van der Waals surface area contributed by atoms with Crippen LogP contribution in [0.5, 0.6) is 0 Å². The third kappa shape index (κ3) is 5.96. The maximum Gasteiger partial charge on any atom is 0.331 e. The first-order chi connectivity index (χ1) is 13.1. The summed E-state index contributed by atoms with van der Waals surface area (Å²) in [5, 5.41) is 0.678. The number of sulfone groups is 1. The third-order valence-electron chi connectivity index (χ3n) is 4.67. The Kier molecular flexibility index (Phi) is 7.92. The van der Waals surface area contributed by atoms with Crippen LogP contribution < -0.4 is 0 Å². The summed E-state index contributed by atoms with van der Waals surface area (Å²) < 4.78 is 28.6. The van der Waals surface area contributed by atoms with E-state index in [1.807, 2.05) is 13.8 Å². The zero-order valence-electron chi connectivity index (χ0n) is 15.7. The number of amides is 1. The lowest BCUT2D eigenvalue weighted by molar-refractivity contribution is -0.150. The lowest BCUT2D eigenvalue weighted by Crippen LogP contribution is -2.48. The van der Waals surface area contributed by atoms with Crippen molar-refractivity contribution in [3.8, 4) is 0 Å². The number of hydrogen-bond acceptors (Lipinski definition) is 5. The first kappa shape index (κ1) is 22.7. The maximum atomic E-state index is 12.6. The molecule has 0 aromatic heterocycles. The molecule has 154 valence electrons. The second-order valence-corrected chi connectivity index (χ2v) is 9.71. The van der Waals surface area contributed by atoms with Gasteiger partial charge in [-0.1, -0.05) is 42.3 Å². The predicted octanol–water partition coefficient (Wildman–Crippen LogP) is 3.36. The minimum Gasteiger partial charge on any atom is -0.452 e. The molecule has 1 aliphatic rings. The molecule has 1 aromatic carbocycles. The van der Waals surface area contributed by atoms with E-state index in [-0.39, 0.29) is 23.6 Å². The van der Waals surface area contributed by atoms with Gasteiger partial charge in [-0.05, 0) is 37.5 Å².